The van der Waals surface area contributed by atoms with E-state index >= 15 is 0 Å². The minimum Gasteiger partial charge on any atom is -0.382 e. The van der Waals surface area contributed by atoms with E-state index in [2.05, 4.69) is 25.6 Å². The maximum absolute atomic E-state index is 13.6. The first kappa shape index (κ1) is 17.6. The van der Waals surface area contributed by atoms with Gasteiger partial charge >= 0.3 is 6.03 Å². The van der Waals surface area contributed by atoms with Gasteiger partial charge in [0.25, 0.3) is 0 Å². The third kappa shape index (κ3) is 3.04. The number of fused-ring (bicyclic) bond motifs is 1. The summed E-state index contributed by atoms with van der Waals surface area (Å²) in [5.74, 6) is 0.521. The first-order valence-corrected chi connectivity index (χ1v) is 8.56. The molecule has 9 nitrogen and oxygen atoms in total. The minimum atomic E-state index is -0.609. The second kappa shape index (κ2) is 6.72. The van der Waals surface area contributed by atoms with E-state index in [1.807, 2.05) is 18.4 Å². The van der Waals surface area contributed by atoms with Crippen molar-refractivity contribution in [3.05, 3.63) is 48.5 Å². The molecule has 0 aliphatic heterocycles. The Balaban J connectivity index is 1.66. The lowest BCUT2D eigenvalue weighted by molar-refractivity contribution is 0.252. The number of amides is 1. The lowest BCUT2D eigenvalue weighted by Crippen LogP contribution is -2.21. The average Bonchev–Trinajstić information content (AvgIpc) is 3.27. The van der Waals surface area contributed by atoms with Crippen LogP contribution in [0.25, 0.3) is 22.4 Å². The van der Waals surface area contributed by atoms with Gasteiger partial charge in [0, 0.05) is 17.5 Å². The molecule has 1 amide bonds. The van der Waals surface area contributed by atoms with E-state index in [9.17, 15) is 9.18 Å². The number of nitrogen functional groups attached to an aromatic ring is 1. The van der Waals surface area contributed by atoms with Gasteiger partial charge in [-0.1, -0.05) is 6.07 Å². The first-order valence-electron chi connectivity index (χ1n) is 8.56. The summed E-state index contributed by atoms with van der Waals surface area (Å²) in [6.07, 6.45) is 1.63. The molecule has 4 rings (SSSR count). The number of nitrogens with zero attached hydrogens (tertiary/aromatic N) is 6. The Morgan fingerprint density at radius 2 is 2.07 bits per heavy atom. The zero-order chi connectivity index (χ0) is 19.8. The monoisotopic (exact) mass is 380 g/mol. The molecule has 4 aromatic rings. The van der Waals surface area contributed by atoms with Gasteiger partial charge in [-0.15, -0.1) is 15.3 Å². The molecule has 0 atom stereocenters. The molecule has 142 valence electrons. The quantitative estimate of drug-likeness (QED) is 0.564. The molecule has 0 saturated heterocycles. The van der Waals surface area contributed by atoms with Crippen molar-refractivity contribution in [2.75, 3.05) is 11.1 Å². The minimum absolute atomic E-state index is 0.136. The Kier molecular flexibility index (Phi) is 4.22. The van der Waals surface area contributed by atoms with Crippen LogP contribution in [0.1, 0.15) is 19.9 Å². The Bertz CT molecular complexity index is 1180. The normalized spacial score (nSPS) is 11.3. The van der Waals surface area contributed by atoms with Crippen LogP contribution in [0.4, 0.5) is 20.8 Å². The van der Waals surface area contributed by atoms with Crippen molar-refractivity contribution in [3.8, 4) is 11.5 Å². The fourth-order valence-corrected chi connectivity index (χ4v) is 2.86. The van der Waals surface area contributed by atoms with Gasteiger partial charge in [-0.25, -0.2) is 14.2 Å². The number of carbonyl (C=O) groups excluding carboxylic acids is 1. The molecule has 3 aromatic heterocycles. The van der Waals surface area contributed by atoms with Gasteiger partial charge < -0.3 is 10.3 Å². The molecule has 0 radical (unpaired) electrons. The summed E-state index contributed by atoms with van der Waals surface area (Å²) in [4.78, 5) is 17.1. The Morgan fingerprint density at radius 1 is 1.25 bits per heavy atom. The smallest absolute Gasteiger partial charge is 0.348 e. The van der Waals surface area contributed by atoms with Crippen molar-refractivity contribution in [1.29, 1.82) is 0 Å². The number of hydrogen-bond acceptors (Lipinski definition) is 6. The number of carbonyl (C=O) groups is 1. The summed E-state index contributed by atoms with van der Waals surface area (Å²) in [7, 11) is 0. The third-order valence-electron chi connectivity index (χ3n) is 4.21. The van der Waals surface area contributed by atoms with Gasteiger partial charge in [0.05, 0.1) is 5.52 Å². The Morgan fingerprint density at radius 3 is 2.86 bits per heavy atom. The summed E-state index contributed by atoms with van der Waals surface area (Å²) < 4.78 is 16.5. The number of rotatable bonds is 3. The molecule has 3 heterocycles. The Labute approximate surface area is 159 Å². The molecule has 3 N–H and O–H groups in total. The van der Waals surface area contributed by atoms with Gasteiger partial charge in [0.15, 0.2) is 11.6 Å². The fraction of sp³-hybridized carbons (Fsp3) is 0.167. The van der Waals surface area contributed by atoms with Gasteiger partial charge in [0.1, 0.15) is 23.7 Å². The predicted molar refractivity (Wildman–Crippen MR) is 102 cm³/mol. The molecule has 10 heteroatoms. The van der Waals surface area contributed by atoms with E-state index in [0.29, 0.717) is 22.7 Å². The largest absolute Gasteiger partial charge is 0.382 e. The van der Waals surface area contributed by atoms with Gasteiger partial charge in [-0.3, -0.25) is 5.32 Å². The van der Waals surface area contributed by atoms with Crippen molar-refractivity contribution in [3.63, 3.8) is 0 Å². The van der Waals surface area contributed by atoms with Crippen molar-refractivity contribution in [1.82, 2.24) is 29.5 Å². The van der Waals surface area contributed by atoms with Crippen LogP contribution in [0.5, 0.6) is 0 Å². The summed E-state index contributed by atoms with van der Waals surface area (Å²) in [6, 6.07) is 8.63. The molecule has 28 heavy (non-hydrogen) atoms. The highest BCUT2D eigenvalue weighted by atomic mass is 19.1. The molecule has 0 bridgehead atoms. The number of halogens is 1. The number of nitrogens with two attached hydrogens (primary N) is 1. The van der Waals surface area contributed by atoms with E-state index in [-0.39, 0.29) is 17.4 Å². The third-order valence-corrected chi connectivity index (χ3v) is 4.21. The predicted octanol–water partition coefficient (Wildman–Crippen LogP) is 3.07. The molecule has 0 aliphatic rings. The van der Waals surface area contributed by atoms with Crippen molar-refractivity contribution in [2.45, 2.75) is 19.9 Å². The summed E-state index contributed by atoms with van der Waals surface area (Å²) >= 11 is 0. The summed E-state index contributed by atoms with van der Waals surface area (Å²) in [5.41, 5.74) is 6.65. The standard InChI is InChI=1S/C18H17FN8O/c1-10(2)26-9-21-24-17(26)13-4-3-5-15(22-13)23-18(28)27-14-8-11(19)6-7-12(14)16(20)25-27/h3-10H,1-2H3,(H2,20,25)(H,22,23,28). The molecular weight excluding hydrogens is 363 g/mol. The molecule has 0 saturated carbocycles. The van der Waals surface area contributed by atoms with Crippen LogP contribution < -0.4 is 11.1 Å². The van der Waals surface area contributed by atoms with E-state index in [0.717, 1.165) is 4.68 Å². The van der Waals surface area contributed by atoms with Gasteiger partial charge in [-0.05, 0) is 38.1 Å². The number of benzene rings is 1. The molecule has 0 aliphatic carbocycles. The number of anilines is 2. The van der Waals surface area contributed by atoms with Gasteiger partial charge in [0.2, 0.25) is 0 Å². The van der Waals surface area contributed by atoms with Crippen LogP contribution in [0.2, 0.25) is 0 Å². The van der Waals surface area contributed by atoms with E-state index in [1.165, 1.54) is 18.2 Å². The van der Waals surface area contributed by atoms with E-state index in [1.54, 1.807) is 24.5 Å². The Hall–Kier alpha value is -3.82. The number of hydrogen-bond donors (Lipinski definition) is 2. The van der Waals surface area contributed by atoms with Crippen LogP contribution in [-0.2, 0) is 0 Å². The van der Waals surface area contributed by atoms with Crippen molar-refractivity contribution in [2.24, 2.45) is 0 Å². The van der Waals surface area contributed by atoms with Crippen LogP contribution in [0.3, 0.4) is 0 Å². The summed E-state index contributed by atoms with van der Waals surface area (Å²) in [5, 5.41) is 15.2. The average molecular weight is 380 g/mol. The fourth-order valence-electron chi connectivity index (χ4n) is 2.86. The molecule has 0 fully saturated rings. The zero-order valence-electron chi connectivity index (χ0n) is 15.2. The lowest BCUT2D eigenvalue weighted by atomic mass is 10.2. The second-order valence-electron chi connectivity index (χ2n) is 6.45. The van der Waals surface area contributed by atoms with Crippen LogP contribution in [0, 0.1) is 5.82 Å². The van der Waals surface area contributed by atoms with Gasteiger partial charge in [-0.2, -0.15) is 4.68 Å². The molecule has 1 aromatic carbocycles. The molecule has 0 spiro atoms. The van der Waals surface area contributed by atoms with Crippen LogP contribution in [-0.4, -0.2) is 35.6 Å². The number of nitrogens with one attached hydrogen (secondary N) is 1. The number of pyridine rings is 1. The highest BCUT2D eigenvalue weighted by Crippen LogP contribution is 2.23. The van der Waals surface area contributed by atoms with E-state index in [4.69, 9.17) is 5.73 Å². The van der Waals surface area contributed by atoms with Crippen LogP contribution in [0.15, 0.2) is 42.7 Å². The molecular formula is C18H17FN8O. The van der Waals surface area contributed by atoms with Crippen molar-refractivity contribution >= 4 is 28.6 Å². The highest BCUT2D eigenvalue weighted by molar-refractivity contribution is 6.00. The lowest BCUT2D eigenvalue weighted by Gasteiger charge is -2.10. The topological polar surface area (TPSA) is 117 Å². The number of aromatic nitrogens is 6. The van der Waals surface area contributed by atoms with Crippen molar-refractivity contribution < 1.29 is 9.18 Å². The first-order chi connectivity index (χ1) is 13.4. The maximum atomic E-state index is 13.6. The maximum Gasteiger partial charge on any atom is 0.348 e. The SMILES string of the molecule is CC(C)n1cnnc1-c1cccc(NC(=O)n2nc(N)c3ccc(F)cc32)n1. The highest BCUT2D eigenvalue weighted by Gasteiger charge is 2.17. The summed E-state index contributed by atoms with van der Waals surface area (Å²) in [6.45, 7) is 4.01. The molecule has 0 unspecified atom stereocenters. The van der Waals surface area contributed by atoms with E-state index < -0.39 is 11.8 Å². The second-order valence-corrected chi connectivity index (χ2v) is 6.45. The van der Waals surface area contributed by atoms with Crippen LogP contribution >= 0.6 is 0 Å². The zero-order valence-corrected chi connectivity index (χ0v) is 15.2.